The summed E-state index contributed by atoms with van der Waals surface area (Å²) in [5.41, 5.74) is 1.08. The van der Waals surface area contributed by atoms with Crippen LogP contribution in [0.3, 0.4) is 0 Å². The highest BCUT2D eigenvalue weighted by atomic mass is 32.1. The van der Waals surface area contributed by atoms with Gasteiger partial charge < -0.3 is 15.5 Å². The maximum atomic E-state index is 11.9. The zero-order valence-corrected chi connectivity index (χ0v) is 15.4. The number of rotatable bonds is 7. The van der Waals surface area contributed by atoms with Crippen molar-refractivity contribution in [1.29, 1.82) is 0 Å². The van der Waals surface area contributed by atoms with E-state index >= 15 is 0 Å². The SMILES string of the molecule is CCc1nc(CCNC(=O)NC[C@H]2CCCN(C(C)C)C2)cs1. The van der Waals surface area contributed by atoms with Crippen LogP contribution in [0, 0.1) is 5.92 Å². The van der Waals surface area contributed by atoms with Gasteiger partial charge in [-0.2, -0.15) is 0 Å². The van der Waals surface area contributed by atoms with Crippen LogP contribution < -0.4 is 10.6 Å². The maximum Gasteiger partial charge on any atom is 0.314 e. The second kappa shape index (κ2) is 9.23. The molecule has 1 atom stereocenters. The number of nitrogens with zero attached hydrogens (tertiary/aromatic N) is 2. The molecule has 1 saturated heterocycles. The first-order valence-electron chi connectivity index (χ1n) is 8.77. The first-order chi connectivity index (χ1) is 11.1. The predicted octanol–water partition coefficient (Wildman–Crippen LogP) is 2.67. The fourth-order valence-electron chi connectivity index (χ4n) is 2.96. The van der Waals surface area contributed by atoms with Crippen molar-refractivity contribution in [2.24, 2.45) is 5.92 Å². The van der Waals surface area contributed by atoms with Crippen molar-refractivity contribution in [2.45, 2.75) is 52.5 Å². The van der Waals surface area contributed by atoms with E-state index < -0.39 is 0 Å². The highest BCUT2D eigenvalue weighted by Crippen LogP contribution is 2.17. The fraction of sp³-hybridized carbons (Fsp3) is 0.765. The molecule has 6 heteroatoms. The summed E-state index contributed by atoms with van der Waals surface area (Å²) in [7, 11) is 0. The van der Waals surface area contributed by atoms with Crippen LogP contribution in [0.15, 0.2) is 5.38 Å². The molecule has 0 unspecified atom stereocenters. The lowest BCUT2D eigenvalue weighted by Crippen LogP contribution is -2.45. The highest BCUT2D eigenvalue weighted by molar-refractivity contribution is 7.09. The lowest BCUT2D eigenvalue weighted by Gasteiger charge is -2.35. The minimum atomic E-state index is -0.0578. The molecule has 0 saturated carbocycles. The van der Waals surface area contributed by atoms with Crippen molar-refractivity contribution in [2.75, 3.05) is 26.2 Å². The average molecular weight is 339 g/mol. The molecule has 1 fully saturated rings. The third-order valence-electron chi connectivity index (χ3n) is 4.40. The Kier molecular flexibility index (Phi) is 7.30. The van der Waals surface area contributed by atoms with Gasteiger partial charge in [0.1, 0.15) is 0 Å². The minimum Gasteiger partial charge on any atom is -0.338 e. The van der Waals surface area contributed by atoms with Gasteiger partial charge in [0, 0.05) is 37.5 Å². The van der Waals surface area contributed by atoms with E-state index in [1.165, 1.54) is 19.4 Å². The van der Waals surface area contributed by atoms with Crippen molar-refractivity contribution in [3.63, 3.8) is 0 Å². The molecule has 2 amide bonds. The third-order valence-corrected chi connectivity index (χ3v) is 5.44. The topological polar surface area (TPSA) is 57.3 Å². The van der Waals surface area contributed by atoms with E-state index in [-0.39, 0.29) is 6.03 Å². The molecular weight excluding hydrogens is 308 g/mol. The number of likely N-dealkylation sites (tertiary alicyclic amines) is 1. The van der Waals surface area contributed by atoms with Crippen LogP contribution in [0.5, 0.6) is 0 Å². The monoisotopic (exact) mass is 338 g/mol. The highest BCUT2D eigenvalue weighted by Gasteiger charge is 2.21. The van der Waals surface area contributed by atoms with Crippen LogP contribution in [-0.2, 0) is 12.8 Å². The van der Waals surface area contributed by atoms with Crippen LogP contribution in [0.4, 0.5) is 4.79 Å². The molecule has 0 spiro atoms. The van der Waals surface area contributed by atoms with Gasteiger partial charge in [-0.25, -0.2) is 9.78 Å². The van der Waals surface area contributed by atoms with E-state index in [2.05, 4.69) is 46.7 Å². The Hall–Kier alpha value is -1.14. The number of carbonyl (C=O) groups excluding carboxylic acids is 1. The Bertz CT molecular complexity index is 489. The Labute approximate surface area is 143 Å². The van der Waals surface area contributed by atoms with Crippen LogP contribution in [0.25, 0.3) is 0 Å². The van der Waals surface area contributed by atoms with Gasteiger partial charge >= 0.3 is 6.03 Å². The predicted molar refractivity (Wildman–Crippen MR) is 96.0 cm³/mol. The number of aryl methyl sites for hydroxylation is 1. The number of urea groups is 1. The first kappa shape index (κ1) is 18.2. The molecule has 2 heterocycles. The quantitative estimate of drug-likeness (QED) is 0.803. The van der Waals surface area contributed by atoms with Gasteiger partial charge in [0.2, 0.25) is 0 Å². The van der Waals surface area contributed by atoms with E-state index in [1.807, 2.05) is 0 Å². The number of aromatic nitrogens is 1. The minimum absolute atomic E-state index is 0.0578. The number of nitrogens with one attached hydrogen (secondary N) is 2. The molecule has 2 rings (SSSR count). The van der Waals surface area contributed by atoms with E-state index in [9.17, 15) is 4.79 Å². The molecule has 2 N–H and O–H groups in total. The Morgan fingerprint density at radius 1 is 1.48 bits per heavy atom. The Morgan fingerprint density at radius 2 is 2.30 bits per heavy atom. The summed E-state index contributed by atoms with van der Waals surface area (Å²) in [5.74, 6) is 0.572. The molecular formula is C17H30N4OS. The summed E-state index contributed by atoms with van der Waals surface area (Å²) < 4.78 is 0. The van der Waals surface area contributed by atoms with Crippen LogP contribution in [0.2, 0.25) is 0 Å². The summed E-state index contributed by atoms with van der Waals surface area (Å²) in [4.78, 5) is 18.9. The van der Waals surface area contributed by atoms with E-state index in [0.717, 1.165) is 36.6 Å². The average Bonchev–Trinajstić information content (AvgIpc) is 3.01. The number of piperidine rings is 1. The van der Waals surface area contributed by atoms with Gasteiger partial charge in [-0.1, -0.05) is 6.92 Å². The second-order valence-corrected chi connectivity index (χ2v) is 7.51. The zero-order chi connectivity index (χ0) is 16.7. The van der Waals surface area contributed by atoms with Crippen molar-refractivity contribution in [3.05, 3.63) is 16.1 Å². The molecule has 5 nitrogen and oxygen atoms in total. The summed E-state index contributed by atoms with van der Waals surface area (Å²) in [6.45, 7) is 10.3. The number of thiazole rings is 1. The molecule has 0 aliphatic carbocycles. The lowest BCUT2D eigenvalue weighted by atomic mass is 9.97. The summed E-state index contributed by atoms with van der Waals surface area (Å²) in [6.07, 6.45) is 4.22. The van der Waals surface area contributed by atoms with Crippen molar-refractivity contribution < 1.29 is 4.79 Å². The first-order valence-corrected chi connectivity index (χ1v) is 9.65. The van der Waals surface area contributed by atoms with Crippen LogP contribution >= 0.6 is 11.3 Å². The van der Waals surface area contributed by atoms with Crippen LogP contribution in [0.1, 0.15) is 44.3 Å². The van der Waals surface area contributed by atoms with Gasteiger partial charge in [0.15, 0.2) is 0 Å². The standard InChI is InChI=1S/C17H30N4OS/c1-4-16-20-15(12-23-16)7-8-18-17(22)19-10-14-6-5-9-21(11-14)13(2)3/h12-14H,4-11H2,1-3H3,(H2,18,19,22)/t14-/m1/s1. The van der Waals surface area contributed by atoms with E-state index in [4.69, 9.17) is 0 Å². The molecule has 0 aromatic carbocycles. The normalized spacial score (nSPS) is 19.0. The maximum absolute atomic E-state index is 11.9. The summed E-state index contributed by atoms with van der Waals surface area (Å²) >= 11 is 1.70. The van der Waals surface area contributed by atoms with Crippen molar-refractivity contribution in [1.82, 2.24) is 20.5 Å². The molecule has 1 aromatic heterocycles. The largest absolute Gasteiger partial charge is 0.338 e. The summed E-state index contributed by atoms with van der Waals surface area (Å²) in [5, 5.41) is 9.20. The Morgan fingerprint density at radius 3 is 3.00 bits per heavy atom. The molecule has 1 aromatic rings. The number of carbonyl (C=O) groups is 1. The molecule has 1 aliphatic heterocycles. The van der Waals surface area contributed by atoms with E-state index in [0.29, 0.717) is 18.5 Å². The van der Waals surface area contributed by atoms with Gasteiger partial charge in [-0.05, 0) is 45.6 Å². The lowest BCUT2D eigenvalue weighted by molar-refractivity contribution is 0.139. The zero-order valence-electron chi connectivity index (χ0n) is 14.6. The van der Waals surface area contributed by atoms with Gasteiger partial charge in [0.05, 0.1) is 10.7 Å². The third kappa shape index (κ3) is 6.11. The second-order valence-electron chi connectivity index (χ2n) is 6.57. The molecule has 0 radical (unpaired) electrons. The van der Waals surface area contributed by atoms with E-state index in [1.54, 1.807) is 11.3 Å². The molecule has 130 valence electrons. The van der Waals surface area contributed by atoms with Crippen LogP contribution in [-0.4, -0.2) is 48.1 Å². The molecule has 23 heavy (non-hydrogen) atoms. The number of hydrogen-bond acceptors (Lipinski definition) is 4. The number of hydrogen-bond donors (Lipinski definition) is 2. The molecule has 1 aliphatic rings. The van der Waals surface area contributed by atoms with Crippen molar-refractivity contribution in [3.8, 4) is 0 Å². The molecule has 0 bridgehead atoms. The summed E-state index contributed by atoms with van der Waals surface area (Å²) in [6, 6.07) is 0.537. The smallest absolute Gasteiger partial charge is 0.314 e. The number of amides is 2. The van der Waals surface area contributed by atoms with Gasteiger partial charge in [-0.15, -0.1) is 11.3 Å². The van der Waals surface area contributed by atoms with Gasteiger partial charge in [-0.3, -0.25) is 0 Å². The van der Waals surface area contributed by atoms with Gasteiger partial charge in [0.25, 0.3) is 0 Å². The Balaban J connectivity index is 1.61. The van der Waals surface area contributed by atoms with Crippen molar-refractivity contribution >= 4 is 17.4 Å². The fourth-order valence-corrected chi connectivity index (χ4v) is 3.74.